The number of benzene rings is 1. The summed E-state index contributed by atoms with van der Waals surface area (Å²) in [5, 5.41) is 9.38. The van der Waals surface area contributed by atoms with Crippen molar-refractivity contribution in [3.8, 4) is 0 Å². The number of rotatable bonds is 6. The van der Waals surface area contributed by atoms with Gasteiger partial charge in [-0.25, -0.2) is 0 Å². The van der Waals surface area contributed by atoms with E-state index in [1.807, 2.05) is 11.0 Å². The summed E-state index contributed by atoms with van der Waals surface area (Å²) >= 11 is 0. The van der Waals surface area contributed by atoms with Crippen LogP contribution in [0.15, 0.2) is 30.3 Å². The fourth-order valence-corrected chi connectivity index (χ4v) is 3.96. The molecule has 0 bridgehead atoms. The van der Waals surface area contributed by atoms with Crippen molar-refractivity contribution >= 4 is 11.9 Å². The lowest BCUT2D eigenvalue weighted by molar-refractivity contribution is -0.159. The van der Waals surface area contributed by atoms with Gasteiger partial charge in [-0.3, -0.25) is 9.59 Å². The van der Waals surface area contributed by atoms with Crippen LogP contribution in [0.2, 0.25) is 0 Å². The number of amides is 1. The molecule has 0 atom stereocenters. The van der Waals surface area contributed by atoms with E-state index >= 15 is 0 Å². The van der Waals surface area contributed by atoms with Gasteiger partial charge in [0.05, 0.1) is 5.41 Å². The number of aliphatic carboxylic acids is 1. The van der Waals surface area contributed by atoms with Gasteiger partial charge < -0.3 is 10.0 Å². The molecule has 0 unspecified atom stereocenters. The van der Waals surface area contributed by atoms with Gasteiger partial charge in [-0.2, -0.15) is 0 Å². The standard InChI is InChI=1S/C20H27NO3/c22-18(15-20(19(23)24)11-4-12-20)21-13-9-17(10-14-21)8-7-16-5-2-1-3-6-16/h1-3,5-6,17H,4,7-15H2,(H,23,24). The van der Waals surface area contributed by atoms with Crippen molar-refractivity contribution in [2.24, 2.45) is 11.3 Å². The third-order valence-corrected chi connectivity index (χ3v) is 5.91. The molecular formula is C20H27NO3. The van der Waals surface area contributed by atoms with E-state index in [0.29, 0.717) is 18.8 Å². The van der Waals surface area contributed by atoms with Crippen LogP contribution in [0.1, 0.15) is 50.5 Å². The van der Waals surface area contributed by atoms with Crippen LogP contribution in [-0.2, 0) is 16.0 Å². The number of nitrogens with zero attached hydrogens (tertiary/aromatic N) is 1. The maximum atomic E-state index is 12.5. The van der Waals surface area contributed by atoms with Crippen LogP contribution in [0.3, 0.4) is 0 Å². The molecule has 4 heteroatoms. The van der Waals surface area contributed by atoms with Crippen molar-refractivity contribution in [1.29, 1.82) is 0 Å². The van der Waals surface area contributed by atoms with Crippen molar-refractivity contribution in [3.05, 3.63) is 35.9 Å². The van der Waals surface area contributed by atoms with Crippen LogP contribution in [-0.4, -0.2) is 35.0 Å². The number of likely N-dealkylation sites (tertiary alicyclic amines) is 1. The van der Waals surface area contributed by atoms with Crippen molar-refractivity contribution in [2.45, 2.75) is 51.4 Å². The van der Waals surface area contributed by atoms with E-state index in [4.69, 9.17) is 0 Å². The molecular weight excluding hydrogens is 302 g/mol. The quantitative estimate of drug-likeness (QED) is 0.869. The molecule has 1 aromatic carbocycles. The summed E-state index contributed by atoms with van der Waals surface area (Å²) in [6.07, 6.45) is 6.78. The number of hydrogen-bond donors (Lipinski definition) is 1. The molecule has 1 heterocycles. The minimum absolute atomic E-state index is 0.0404. The van der Waals surface area contributed by atoms with Gasteiger partial charge in [0.15, 0.2) is 0 Å². The van der Waals surface area contributed by atoms with Crippen molar-refractivity contribution < 1.29 is 14.7 Å². The van der Waals surface area contributed by atoms with Gasteiger partial charge in [-0.05, 0) is 50.0 Å². The molecule has 4 nitrogen and oxygen atoms in total. The molecule has 1 amide bonds. The van der Waals surface area contributed by atoms with Crippen molar-refractivity contribution in [2.75, 3.05) is 13.1 Å². The molecule has 24 heavy (non-hydrogen) atoms. The summed E-state index contributed by atoms with van der Waals surface area (Å²) in [5.41, 5.74) is 0.616. The fourth-order valence-electron chi connectivity index (χ4n) is 3.96. The van der Waals surface area contributed by atoms with E-state index < -0.39 is 11.4 Å². The number of carbonyl (C=O) groups is 2. The average Bonchev–Trinajstić information content (AvgIpc) is 2.57. The Balaban J connectivity index is 1.43. The molecule has 2 aliphatic rings. The van der Waals surface area contributed by atoms with Gasteiger partial charge >= 0.3 is 5.97 Å². The minimum Gasteiger partial charge on any atom is -0.481 e. The number of piperidine rings is 1. The highest BCUT2D eigenvalue weighted by molar-refractivity contribution is 5.85. The van der Waals surface area contributed by atoms with Crippen molar-refractivity contribution in [1.82, 2.24) is 4.90 Å². The molecule has 1 N–H and O–H groups in total. The Morgan fingerprint density at radius 3 is 2.33 bits per heavy atom. The molecule has 1 saturated carbocycles. The molecule has 130 valence electrons. The lowest BCUT2D eigenvalue weighted by atomic mass is 9.66. The second-order valence-electron chi connectivity index (χ2n) is 7.46. The Morgan fingerprint density at radius 1 is 1.12 bits per heavy atom. The smallest absolute Gasteiger partial charge is 0.310 e. The molecule has 1 saturated heterocycles. The Kier molecular flexibility index (Phi) is 5.22. The monoisotopic (exact) mass is 329 g/mol. The van der Waals surface area contributed by atoms with E-state index in [9.17, 15) is 14.7 Å². The Bertz CT molecular complexity index is 572. The molecule has 2 fully saturated rings. The predicted molar refractivity (Wildman–Crippen MR) is 92.6 cm³/mol. The lowest BCUT2D eigenvalue weighted by Crippen LogP contribution is -2.46. The summed E-state index contributed by atoms with van der Waals surface area (Å²) in [7, 11) is 0. The molecule has 1 aliphatic heterocycles. The summed E-state index contributed by atoms with van der Waals surface area (Å²) in [5.74, 6) is -0.0788. The first-order valence-corrected chi connectivity index (χ1v) is 9.14. The third-order valence-electron chi connectivity index (χ3n) is 5.91. The van der Waals surface area contributed by atoms with E-state index in [0.717, 1.165) is 38.8 Å². The maximum Gasteiger partial charge on any atom is 0.310 e. The summed E-state index contributed by atoms with van der Waals surface area (Å²) in [6, 6.07) is 10.5. The van der Waals surface area contributed by atoms with Gasteiger partial charge in [0, 0.05) is 19.5 Å². The van der Waals surface area contributed by atoms with Crippen LogP contribution >= 0.6 is 0 Å². The Hall–Kier alpha value is -1.84. The van der Waals surface area contributed by atoms with E-state index in [1.54, 1.807) is 0 Å². The number of carbonyl (C=O) groups excluding carboxylic acids is 1. The number of carboxylic acids is 1. The second kappa shape index (κ2) is 7.37. The molecule has 3 rings (SSSR count). The zero-order chi connectivity index (χ0) is 17.0. The predicted octanol–water partition coefficient (Wildman–Crippen LogP) is 3.50. The molecule has 1 aliphatic carbocycles. The van der Waals surface area contributed by atoms with Gasteiger partial charge in [0.25, 0.3) is 0 Å². The van der Waals surface area contributed by atoms with Gasteiger partial charge in [0.2, 0.25) is 5.91 Å². The molecule has 1 aromatic rings. The second-order valence-corrected chi connectivity index (χ2v) is 7.46. The zero-order valence-electron chi connectivity index (χ0n) is 14.2. The molecule has 0 spiro atoms. The highest BCUT2D eigenvalue weighted by Gasteiger charge is 2.46. The van der Waals surface area contributed by atoms with Crippen LogP contribution in [0.5, 0.6) is 0 Å². The van der Waals surface area contributed by atoms with Crippen LogP contribution in [0.4, 0.5) is 0 Å². The van der Waals surface area contributed by atoms with Crippen LogP contribution in [0.25, 0.3) is 0 Å². The number of aryl methyl sites for hydroxylation is 1. The Morgan fingerprint density at radius 2 is 1.79 bits per heavy atom. The topological polar surface area (TPSA) is 57.6 Å². The Labute approximate surface area is 143 Å². The van der Waals surface area contributed by atoms with E-state index in [1.165, 1.54) is 12.0 Å². The van der Waals surface area contributed by atoms with Crippen LogP contribution in [0, 0.1) is 11.3 Å². The van der Waals surface area contributed by atoms with Crippen LogP contribution < -0.4 is 0 Å². The highest BCUT2D eigenvalue weighted by atomic mass is 16.4. The summed E-state index contributed by atoms with van der Waals surface area (Å²) in [6.45, 7) is 1.57. The van der Waals surface area contributed by atoms with Gasteiger partial charge in [-0.1, -0.05) is 36.8 Å². The fraction of sp³-hybridized carbons (Fsp3) is 0.600. The minimum atomic E-state index is -0.792. The first kappa shape index (κ1) is 17.0. The summed E-state index contributed by atoms with van der Waals surface area (Å²) < 4.78 is 0. The van der Waals surface area contributed by atoms with Gasteiger partial charge in [-0.15, -0.1) is 0 Å². The molecule has 0 radical (unpaired) electrons. The van der Waals surface area contributed by atoms with E-state index in [-0.39, 0.29) is 12.3 Å². The third kappa shape index (κ3) is 3.80. The average molecular weight is 329 g/mol. The van der Waals surface area contributed by atoms with E-state index in [2.05, 4.69) is 24.3 Å². The SMILES string of the molecule is O=C(CC1(C(=O)O)CCC1)N1CCC(CCc2ccccc2)CC1. The van der Waals surface area contributed by atoms with Crippen molar-refractivity contribution in [3.63, 3.8) is 0 Å². The number of hydrogen-bond acceptors (Lipinski definition) is 2. The highest BCUT2D eigenvalue weighted by Crippen LogP contribution is 2.44. The lowest BCUT2D eigenvalue weighted by Gasteiger charge is -2.40. The molecule has 0 aromatic heterocycles. The first-order valence-electron chi connectivity index (χ1n) is 9.14. The van der Waals surface area contributed by atoms with Gasteiger partial charge in [0.1, 0.15) is 0 Å². The zero-order valence-corrected chi connectivity index (χ0v) is 14.2. The normalized spacial score (nSPS) is 20.4. The largest absolute Gasteiger partial charge is 0.481 e. The maximum absolute atomic E-state index is 12.5. The number of carboxylic acid groups (broad SMARTS) is 1. The summed E-state index contributed by atoms with van der Waals surface area (Å²) in [4.78, 5) is 25.8. The first-order chi connectivity index (χ1) is 11.6.